The fourth-order valence-corrected chi connectivity index (χ4v) is 2.48. The molecule has 1 amide bonds. The van der Waals surface area contributed by atoms with Gasteiger partial charge in [-0.1, -0.05) is 18.2 Å². The standard InChI is InChI=1S/C20H20N4O2/c1-26-19-5-3-2-4-16(19)14-23-17-8-11-22-18(12-17)20(25)24-13-15-6-9-21-10-7-15/h2-12H,13-14H2,1H3,(H,22,23)(H,24,25). The molecular weight excluding hydrogens is 328 g/mol. The van der Waals surface area contributed by atoms with E-state index in [4.69, 9.17) is 4.74 Å². The van der Waals surface area contributed by atoms with Crippen LogP contribution in [0.25, 0.3) is 0 Å². The maximum atomic E-state index is 12.3. The first-order valence-electron chi connectivity index (χ1n) is 8.25. The van der Waals surface area contributed by atoms with Crippen LogP contribution in [0.1, 0.15) is 21.6 Å². The van der Waals surface area contributed by atoms with Gasteiger partial charge in [-0.25, -0.2) is 0 Å². The quantitative estimate of drug-likeness (QED) is 0.686. The second-order valence-electron chi connectivity index (χ2n) is 5.63. The molecule has 0 bridgehead atoms. The van der Waals surface area contributed by atoms with Crippen LogP contribution in [0.15, 0.2) is 67.1 Å². The number of nitrogens with zero attached hydrogens (tertiary/aromatic N) is 2. The lowest BCUT2D eigenvalue weighted by molar-refractivity contribution is 0.0946. The molecule has 6 heteroatoms. The van der Waals surface area contributed by atoms with Crippen LogP contribution in [0.5, 0.6) is 5.75 Å². The van der Waals surface area contributed by atoms with Gasteiger partial charge < -0.3 is 15.4 Å². The molecule has 0 atom stereocenters. The number of benzene rings is 1. The third-order valence-corrected chi connectivity index (χ3v) is 3.87. The predicted molar refractivity (Wildman–Crippen MR) is 100.0 cm³/mol. The van der Waals surface area contributed by atoms with Crippen LogP contribution in [-0.2, 0) is 13.1 Å². The average molecular weight is 348 g/mol. The minimum absolute atomic E-state index is 0.220. The van der Waals surface area contributed by atoms with Crippen LogP contribution in [0, 0.1) is 0 Å². The molecule has 0 spiro atoms. The van der Waals surface area contributed by atoms with E-state index < -0.39 is 0 Å². The fraction of sp³-hybridized carbons (Fsp3) is 0.150. The minimum Gasteiger partial charge on any atom is -0.496 e. The minimum atomic E-state index is -0.220. The fourth-order valence-electron chi connectivity index (χ4n) is 2.48. The summed E-state index contributed by atoms with van der Waals surface area (Å²) >= 11 is 0. The van der Waals surface area contributed by atoms with Gasteiger partial charge in [0.15, 0.2) is 0 Å². The highest BCUT2D eigenvalue weighted by molar-refractivity contribution is 5.93. The number of ether oxygens (including phenoxy) is 1. The van der Waals surface area contributed by atoms with E-state index in [1.807, 2.05) is 42.5 Å². The van der Waals surface area contributed by atoms with Crippen LogP contribution in [0.4, 0.5) is 5.69 Å². The zero-order valence-corrected chi connectivity index (χ0v) is 14.5. The molecule has 3 rings (SSSR count). The second kappa shape index (κ2) is 8.62. The highest BCUT2D eigenvalue weighted by atomic mass is 16.5. The number of hydrogen-bond donors (Lipinski definition) is 2. The first-order valence-corrected chi connectivity index (χ1v) is 8.25. The molecule has 0 unspecified atom stereocenters. The van der Waals surface area contributed by atoms with Crippen LogP contribution >= 0.6 is 0 Å². The molecule has 0 radical (unpaired) electrons. The Bertz CT molecular complexity index is 868. The maximum Gasteiger partial charge on any atom is 0.270 e. The van der Waals surface area contributed by atoms with Crippen molar-refractivity contribution >= 4 is 11.6 Å². The van der Waals surface area contributed by atoms with Crippen molar-refractivity contribution in [3.8, 4) is 5.75 Å². The summed E-state index contributed by atoms with van der Waals surface area (Å²) < 4.78 is 5.35. The normalized spacial score (nSPS) is 10.2. The molecule has 2 N–H and O–H groups in total. The zero-order chi connectivity index (χ0) is 18.2. The molecule has 1 aromatic carbocycles. The van der Waals surface area contributed by atoms with Gasteiger partial charge in [-0.15, -0.1) is 0 Å². The van der Waals surface area contributed by atoms with Crippen LogP contribution in [-0.4, -0.2) is 23.0 Å². The Kier molecular flexibility index (Phi) is 5.77. The van der Waals surface area contributed by atoms with Crippen molar-refractivity contribution < 1.29 is 9.53 Å². The number of amides is 1. The Hall–Kier alpha value is -3.41. The third kappa shape index (κ3) is 4.57. The summed E-state index contributed by atoms with van der Waals surface area (Å²) in [5, 5.41) is 6.15. The molecule has 0 saturated carbocycles. The number of carbonyl (C=O) groups is 1. The van der Waals surface area contributed by atoms with E-state index in [1.54, 1.807) is 31.8 Å². The van der Waals surface area contributed by atoms with Crippen LogP contribution < -0.4 is 15.4 Å². The monoisotopic (exact) mass is 348 g/mol. The van der Waals surface area contributed by atoms with Crippen molar-refractivity contribution in [3.05, 3.63) is 83.9 Å². The van der Waals surface area contributed by atoms with E-state index >= 15 is 0 Å². The molecule has 0 saturated heterocycles. The Morgan fingerprint density at radius 1 is 1.04 bits per heavy atom. The Morgan fingerprint density at radius 3 is 2.65 bits per heavy atom. The predicted octanol–water partition coefficient (Wildman–Crippen LogP) is 3.03. The molecule has 6 nitrogen and oxygen atoms in total. The van der Waals surface area contributed by atoms with E-state index in [9.17, 15) is 4.79 Å². The van der Waals surface area contributed by atoms with Gasteiger partial charge in [0.05, 0.1) is 7.11 Å². The van der Waals surface area contributed by atoms with E-state index in [0.29, 0.717) is 18.8 Å². The molecule has 3 aromatic rings. The SMILES string of the molecule is COc1ccccc1CNc1ccnc(C(=O)NCc2ccncc2)c1. The molecule has 0 aliphatic heterocycles. The van der Waals surface area contributed by atoms with Gasteiger partial charge in [0.1, 0.15) is 11.4 Å². The molecule has 2 heterocycles. The van der Waals surface area contributed by atoms with Crippen molar-refractivity contribution in [3.63, 3.8) is 0 Å². The summed E-state index contributed by atoms with van der Waals surface area (Å²) in [5.74, 6) is 0.604. The van der Waals surface area contributed by atoms with E-state index in [1.165, 1.54) is 0 Å². The summed E-state index contributed by atoms with van der Waals surface area (Å²) in [6.45, 7) is 1.02. The van der Waals surface area contributed by atoms with Crippen molar-refractivity contribution in [1.82, 2.24) is 15.3 Å². The lowest BCUT2D eigenvalue weighted by Gasteiger charge is -2.11. The van der Waals surface area contributed by atoms with Crippen LogP contribution in [0.2, 0.25) is 0 Å². The summed E-state index contributed by atoms with van der Waals surface area (Å²) in [7, 11) is 1.65. The molecule has 2 aromatic heterocycles. The van der Waals surface area contributed by atoms with Gasteiger partial charge in [-0.2, -0.15) is 0 Å². The number of carbonyl (C=O) groups excluding carboxylic acids is 1. The average Bonchev–Trinajstić information content (AvgIpc) is 2.71. The highest BCUT2D eigenvalue weighted by Crippen LogP contribution is 2.19. The topological polar surface area (TPSA) is 76.1 Å². The third-order valence-electron chi connectivity index (χ3n) is 3.87. The van der Waals surface area contributed by atoms with Crippen molar-refractivity contribution in [2.75, 3.05) is 12.4 Å². The Labute approximate surface area is 152 Å². The van der Waals surface area contributed by atoms with Gasteiger partial charge >= 0.3 is 0 Å². The second-order valence-corrected chi connectivity index (χ2v) is 5.63. The number of para-hydroxylation sites is 1. The smallest absolute Gasteiger partial charge is 0.270 e. The Morgan fingerprint density at radius 2 is 1.85 bits per heavy atom. The van der Waals surface area contributed by atoms with Gasteiger partial charge in [-0.05, 0) is 35.9 Å². The molecule has 0 aliphatic carbocycles. The molecule has 0 aliphatic rings. The number of aromatic nitrogens is 2. The first kappa shape index (κ1) is 17.4. The lowest BCUT2D eigenvalue weighted by Crippen LogP contribution is -2.23. The number of anilines is 1. The summed E-state index contributed by atoms with van der Waals surface area (Å²) in [6.07, 6.45) is 5.01. The number of hydrogen-bond acceptors (Lipinski definition) is 5. The van der Waals surface area contributed by atoms with Gasteiger partial charge in [0.25, 0.3) is 5.91 Å². The van der Waals surface area contributed by atoms with Crippen molar-refractivity contribution in [2.45, 2.75) is 13.1 Å². The van der Waals surface area contributed by atoms with E-state index in [-0.39, 0.29) is 5.91 Å². The number of nitrogens with one attached hydrogen (secondary N) is 2. The summed E-state index contributed by atoms with van der Waals surface area (Å²) in [5.41, 5.74) is 3.21. The first-order chi connectivity index (χ1) is 12.8. The number of methoxy groups -OCH3 is 1. The Balaban J connectivity index is 1.61. The lowest BCUT2D eigenvalue weighted by atomic mass is 10.2. The molecule has 132 valence electrons. The number of pyridine rings is 2. The van der Waals surface area contributed by atoms with Gasteiger partial charge in [0.2, 0.25) is 0 Å². The van der Waals surface area contributed by atoms with Gasteiger partial charge in [-0.3, -0.25) is 14.8 Å². The van der Waals surface area contributed by atoms with E-state index in [0.717, 1.165) is 22.6 Å². The number of rotatable bonds is 7. The zero-order valence-electron chi connectivity index (χ0n) is 14.5. The molecule has 26 heavy (non-hydrogen) atoms. The maximum absolute atomic E-state index is 12.3. The van der Waals surface area contributed by atoms with Crippen molar-refractivity contribution in [1.29, 1.82) is 0 Å². The molecule has 0 fully saturated rings. The van der Waals surface area contributed by atoms with Crippen LogP contribution in [0.3, 0.4) is 0 Å². The summed E-state index contributed by atoms with van der Waals surface area (Å²) in [6, 6.07) is 15.1. The van der Waals surface area contributed by atoms with Gasteiger partial charge in [0, 0.05) is 42.9 Å². The molecular formula is C20H20N4O2. The van der Waals surface area contributed by atoms with Crippen molar-refractivity contribution in [2.24, 2.45) is 0 Å². The largest absolute Gasteiger partial charge is 0.496 e. The highest BCUT2D eigenvalue weighted by Gasteiger charge is 2.08. The van der Waals surface area contributed by atoms with E-state index in [2.05, 4.69) is 20.6 Å². The summed E-state index contributed by atoms with van der Waals surface area (Å²) in [4.78, 5) is 20.4.